The van der Waals surface area contributed by atoms with E-state index < -0.39 is 0 Å². The van der Waals surface area contributed by atoms with Crippen molar-refractivity contribution in [2.75, 3.05) is 39.5 Å². The molecule has 8 heteroatoms. The Morgan fingerprint density at radius 2 is 1.85 bits per heavy atom. The molecule has 0 saturated carbocycles. The van der Waals surface area contributed by atoms with Crippen LogP contribution in [0.25, 0.3) is 26.3 Å². The molecular weight excluding hydrogens is 453 g/mol. The van der Waals surface area contributed by atoms with Gasteiger partial charge in [0.05, 0.1) is 31.0 Å². The van der Waals surface area contributed by atoms with E-state index in [1.54, 1.807) is 23.0 Å². The molecule has 4 aromatic rings. The Bertz CT molecular complexity index is 1370. The molecule has 2 aromatic carbocycles. The van der Waals surface area contributed by atoms with Crippen molar-refractivity contribution in [2.24, 2.45) is 5.41 Å². The van der Waals surface area contributed by atoms with Gasteiger partial charge in [-0.1, -0.05) is 12.1 Å². The molecule has 0 bridgehead atoms. The van der Waals surface area contributed by atoms with Gasteiger partial charge in [0.2, 0.25) is 0 Å². The second-order valence-corrected chi connectivity index (χ2v) is 10.2. The molecule has 2 aliphatic heterocycles. The number of benzene rings is 2. The predicted octanol–water partition coefficient (Wildman–Crippen LogP) is 4.35. The van der Waals surface area contributed by atoms with Crippen LogP contribution in [0.4, 0.5) is 4.39 Å². The maximum absolute atomic E-state index is 13.2. The molecule has 2 aliphatic rings. The fraction of sp³-hybridized carbons (Fsp3) is 0.308. The number of rotatable bonds is 7. The van der Waals surface area contributed by atoms with Crippen LogP contribution >= 0.6 is 11.3 Å². The smallest absolute Gasteiger partial charge is 0.275 e. The van der Waals surface area contributed by atoms with E-state index in [9.17, 15) is 9.18 Å². The lowest BCUT2D eigenvalue weighted by molar-refractivity contribution is -0.189. The third kappa shape index (κ3) is 4.02. The molecule has 0 atom stereocenters. The second kappa shape index (κ2) is 8.61. The number of hydrogen-bond acceptors (Lipinski definition) is 6. The number of halogens is 1. The summed E-state index contributed by atoms with van der Waals surface area (Å²) in [6.45, 7) is 5.82. The first-order valence-electron chi connectivity index (χ1n) is 11.4. The highest BCUT2D eigenvalue weighted by Gasteiger charge is 2.48. The van der Waals surface area contributed by atoms with Crippen LogP contribution in [0.1, 0.15) is 6.42 Å². The summed E-state index contributed by atoms with van der Waals surface area (Å²) in [5.41, 5.74) is 2.57. The van der Waals surface area contributed by atoms with Gasteiger partial charge in [0.1, 0.15) is 22.6 Å². The zero-order valence-corrected chi connectivity index (χ0v) is 19.4. The van der Waals surface area contributed by atoms with E-state index >= 15 is 0 Å². The lowest BCUT2D eigenvalue weighted by Crippen LogP contribution is -2.65. The van der Waals surface area contributed by atoms with Gasteiger partial charge < -0.3 is 14.4 Å². The summed E-state index contributed by atoms with van der Waals surface area (Å²) >= 11 is 1.37. The van der Waals surface area contributed by atoms with Gasteiger partial charge >= 0.3 is 0 Å². The van der Waals surface area contributed by atoms with Crippen molar-refractivity contribution in [1.29, 1.82) is 0 Å². The van der Waals surface area contributed by atoms with Crippen LogP contribution in [0.2, 0.25) is 0 Å². The highest BCUT2D eigenvalue weighted by atomic mass is 32.1. The lowest BCUT2D eigenvalue weighted by atomic mass is 9.78. The zero-order chi connectivity index (χ0) is 23.1. The van der Waals surface area contributed by atoms with E-state index in [2.05, 4.69) is 9.88 Å². The Hall–Kier alpha value is -3.07. The van der Waals surface area contributed by atoms with Crippen molar-refractivity contribution in [3.63, 3.8) is 0 Å². The Labute approximate surface area is 200 Å². The molecule has 174 valence electrons. The van der Waals surface area contributed by atoms with E-state index in [4.69, 9.17) is 9.47 Å². The SMILES string of the molecule is O=c1c2sc(-c3ccc(F)cc3)cc2ncn1-c1ccc(OCCCN2CC3(COC3)C2)cc1. The molecule has 2 aromatic heterocycles. The Kier molecular flexibility index (Phi) is 5.44. The van der Waals surface area contributed by atoms with Crippen molar-refractivity contribution in [1.82, 2.24) is 14.5 Å². The van der Waals surface area contributed by atoms with Crippen molar-refractivity contribution in [3.8, 4) is 21.9 Å². The first-order chi connectivity index (χ1) is 16.6. The molecule has 6 nitrogen and oxygen atoms in total. The van der Waals surface area contributed by atoms with Gasteiger partial charge in [-0.25, -0.2) is 9.37 Å². The minimum absolute atomic E-state index is 0.124. The summed E-state index contributed by atoms with van der Waals surface area (Å²) in [4.78, 5) is 20.9. The summed E-state index contributed by atoms with van der Waals surface area (Å²) in [5, 5.41) is 0. The van der Waals surface area contributed by atoms with Crippen LogP contribution in [-0.2, 0) is 4.74 Å². The van der Waals surface area contributed by atoms with Gasteiger partial charge in [-0.15, -0.1) is 11.3 Å². The van der Waals surface area contributed by atoms with Crippen LogP contribution in [0.5, 0.6) is 5.75 Å². The van der Waals surface area contributed by atoms with E-state index in [-0.39, 0.29) is 11.4 Å². The van der Waals surface area contributed by atoms with Gasteiger partial charge in [0.15, 0.2) is 0 Å². The highest BCUT2D eigenvalue weighted by Crippen LogP contribution is 2.37. The summed E-state index contributed by atoms with van der Waals surface area (Å²) in [6.07, 6.45) is 2.53. The minimum Gasteiger partial charge on any atom is -0.494 e. The van der Waals surface area contributed by atoms with Crippen LogP contribution in [0.15, 0.2) is 65.7 Å². The second-order valence-electron chi connectivity index (χ2n) is 9.15. The fourth-order valence-corrected chi connectivity index (χ4v) is 5.71. The summed E-state index contributed by atoms with van der Waals surface area (Å²) in [5.74, 6) is 0.499. The maximum Gasteiger partial charge on any atom is 0.275 e. The number of fused-ring (bicyclic) bond motifs is 1. The standard InChI is InChI=1S/C26H24FN3O3S/c27-19-4-2-18(3-5-19)23-12-22-24(34-23)25(31)30(17-28-22)20-6-8-21(9-7-20)33-11-1-10-29-13-26(14-29)15-32-16-26/h2-9,12,17H,1,10-11,13-16H2. The summed E-state index contributed by atoms with van der Waals surface area (Å²) in [6, 6.07) is 15.6. The fourth-order valence-electron chi connectivity index (χ4n) is 4.67. The molecule has 2 fully saturated rings. The van der Waals surface area contributed by atoms with Crippen LogP contribution in [0.3, 0.4) is 0 Å². The molecule has 4 heterocycles. The molecule has 1 spiro atoms. The number of nitrogens with zero attached hydrogens (tertiary/aromatic N) is 3. The Morgan fingerprint density at radius 1 is 1.09 bits per heavy atom. The van der Waals surface area contributed by atoms with Crippen molar-refractivity contribution >= 4 is 21.6 Å². The minimum atomic E-state index is -0.286. The molecular formula is C26H24FN3O3S. The van der Waals surface area contributed by atoms with Crippen molar-refractivity contribution in [3.05, 3.63) is 77.1 Å². The summed E-state index contributed by atoms with van der Waals surface area (Å²) < 4.78 is 26.6. The molecule has 34 heavy (non-hydrogen) atoms. The molecule has 0 N–H and O–H groups in total. The molecule has 0 unspecified atom stereocenters. The third-order valence-corrected chi connectivity index (χ3v) is 7.66. The monoisotopic (exact) mass is 477 g/mol. The van der Waals surface area contributed by atoms with Crippen molar-refractivity contribution < 1.29 is 13.9 Å². The van der Waals surface area contributed by atoms with E-state index in [0.29, 0.717) is 22.2 Å². The van der Waals surface area contributed by atoms with Gasteiger partial charge in [-0.2, -0.15) is 0 Å². The van der Waals surface area contributed by atoms with Crippen LogP contribution < -0.4 is 10.3 Å². The van der Waals surface area contributed by atoms with Crippen LogP contribution in [0, 0.1) is 11.2 Å². The lowest BCUT2D eigenvalue weighted by Gasteiger charge is -2.55. The third-order valence-electron chi connectivity index (χ3n) is 6.50. The number of hydrogen-bond donors (Lipinski definition) is 0. The molecule has 2 saturated heterocycles. The number of thiophene rings is 1. The van der Waals surface area contributed by atoms with E-state index in [0.717, 1.165) is 61.1 Å². The topological polar surface area (TPSA) is 56.6 Å². The Balaban J connectivity index is 1.10. The largest absolute Gasteiger partial charge is 0.494 e. The molecule has 0 aliphatic carbocycles. The number of aromatic nitrogens is 2. The van der Waals surface area contributed by atoms with Crippen molar-refractivity contribution in [2.45, 2.75) is 6.42 Å². The average Bonchev–Trinajstić information content (AvgIpc) is 3.23. The predicted molar refractivity (Wildman–Crippen MR) is 130 cm³/mol. The van der Waals surface area contributed by atoms with E-state index in [1.165, 1.54) is 23.5 Å². The molecule has 0 amide bonds. The first kappa shape index (κ1) is 21.5. The number of likely N-dealkylation sites (tertiary alicyclic amines) is 1. The van der Waals surface area contributed by atoms with Crippen LogP contribution in [-0.4, -0.2) is 53.9 Å². The average molecular weight is 478 g/mol. The molecule has 0 radical (unpaired) electrons. The first-order valence-corrected chi connectivity index (χ1v) is 12.2. The van der Waals surface area contributed by atoms with Gasteiger partial charge in [0, 0.05) is 29.9 Å². The van der Waals surface area contributed by atoms with Gasteiger partial charge in [0.25, 0.3) is 5.56 Å². The van der Waals surface area contributed by atoms with Gasteiger partial charge in [-0.3, -0.25) is 9.36 Å². The summed E-state index contributed by atoms with van der Waals surface area (Å²) in [7, 11) is 0. The van der Waals surface area contributed by atoms with E-state index in [1.807, 2.05) is 30.3 Å². The zero-order valence-electron chi connectivity index (χ0n) is 18.6. The quantitative estimate of drug-likeness (QED) is 0.371. The number of ether oxygens (including phenoxy) is 2. The highest BCUT2D eigenvalue weighted by molar-refractivity contribution is 7.22. The molecule has 6 rings (SSSR count). The normalized spacial score (nSPS) is 17.0. The Morgan fingerprint density at radius 3 is 2.56 bits per heavy atom. The van der Waals surface area contributed by atoms with Gasteiger partial charge in [-0.05, 0) is 54.4 Å². The maximum atomic E-state index is 13.2.